The minimum Gasteiger partial charge on any atom is -0.496 e. The molecule has 2 saturated heterocycles. The number of nitrogens with zero attached hydrogens (tertiary/aromatic N) is 6. The van der Waals surface area contributed by atoms with Gasteiger partial charge in [0.1, 0.15) is 30.3 Å². The van der Waals surface area contributed by atoms with Crippen LogP contribution in [0.15, 0.2) is 83.8 Å². The lowest BCUT2D eigenvalue weighted by molar-refractivity contribution is -0.201. The molecule has 3 aromatic carbocycles. The fourth-order valence-corrected chi connectivity index (χ4v) is 22.4. The molecule has 15 atom stereocenters. The van der Waals surface area contributed by atoms with Gasteiger partial charge in [-0.2, -0.15) is 0 Å². The van der Waals surface area contributed by atoms with E-state index < -0.39 is 173 Å². The Bertz CT molecular complexity index is 5150. The molecule has 6 aromatic rings. The maximum absolute atomic E-state index is 15.4. The second-order valence-electron chi connectivity index (χ2n) is 35.5. The number of aromatic nitrogens is 5. The Hall–Kier alpha value is -9.60. The van der Waals surface area contributed by atoms with Gasteiger partial charge in [-0.3, -0.25) is 57.7 Å². The van der Waals surface area contributed by atoms with Crippen molar-refractivity contribution in [3.8, 4) is 5.75 Å². The number of anilines is 1. The number of aryl methyl sites for hydroxylation is 3. The van der Waals surface area contributed by atoms with Crippen molar-refractivity contribution in [2.45, 2.75) is 190 Å². The minimum absolute atomic E-state index is 0.0294. The summed E-state index contributed by atoms with van der Waals surface area (Å²) >= 11 is 0. The number of para-hydroxylation sites is 1. The maximum atomic E-state index is 15.4. The Morgan fingerprint density at radius 1 is 0.760 bits per heavy atom. The zero-order chi connectivity index (χ0) is 92.7. The normalized spacial score (nSPS) is 24.5. The number of likely N-dealkylation sites (N-methyl/N-ethyl adjacent to an activating group) is 1. The number of aliphatic carboxylic acids is 2. The SMILES string of the molecule is CC[C@]1(O)C[C@@H]2CC[C@](C)(c3cc4c(cc3OC)N(C)[C@H]3[C@@](O)(C(=O)CNC(=O)OCCSSCC(CC(=O)[C@H](C)NC(=O)[C@H](C)CC(=O)[C@H](CNC(=O)CCOCCOCCOCCOC)NC(=O)CC[C@H](CC(=O)c5ccc(CCc6cnc7nc(C)[nH]c(=O)c7n6)cc5)C(=O)O)C(=O)O)[C@H](O)[C@]5(CC)C=CCN6CC[C@]43[C@@H]65)c3[nH]c4ccccc4c3CCN(C2)C1. The summed E-state index contributed by atoms with van der Waals surface area (Å²) in [6.45, 7) is 14.7. The number of hydrogen-bond donors (Lipinski definition) is 11. The number of aliphatic hydroxyl groups is 3. The first-order valence-corrected chi connectivity index (χ1v) is 47.2. The minimum atomic E-state index is -2.47. The molecule has 1 saturated carbocycles. The molecule has 700 valence electrons. The van der Waals surface area contributed by atoms with Crippen LogP contribution in [0.3, 0.4) is 0 Å². The Morgan fingerprint density at radius 2 is 1.49 bits per heavy atom. The zero-order valence-electron chi connectivity index (χ0n) is 75.0. The second kappa shape index (κ2) is 43.6. The number of carboxylic acids is 2. The second-order valence-corrected chi connectivity index (χ2v) is 38.1. The Morgan fingerprint density at radius 3 is 2.20 bits per heavy atom. The van der Waals surface area contributed by atoms with Crippen LogP contribution in [-0.2, 0) is 92.1 Å². The number of fused-ring (bicyclic) bond motifs is 7. The van der Waals surface area contributed by atoms with Crippen molar-refractivity contribution in [1.82, 2.24) is 56.0 Å². The molecule has 3 fully saturated rings. The molecule has 12 rings (SSSR count). The molecular formula is C93H124N12O22S2. The van der Waals surface area contributed by atoms with E-state index in [4.69, 9.17) is 28.4 Å². The highest BCUT2D eigenvalue weighted by Gasteiger charge is 2.78. The summed E-state index contributed by atoms with van der Waals surface area (Å²) < 4.78 is 33.3. The number of Topliss-reactive ketones (excluding diaryl/α,β-unsaturated/α-hetero) is 4. The number of aliphatic hydroxyl groups excluding tert-OH is 1. The van der Waals surface area contributed by atoms with E-state index in [0.29, 0.717) is 108 Å². The Labute approximate surface area is 757 Å². The summed E-state index contributed by atoms with van der Waals surface area (Å²) in [6, 6.07) is 15.2. The molecular weight excluding hydrogens is 1700 g/mol. The summed E-state index contributed by atoms with van der Waals surface area (Å²) in [5.41, 5.74) is 1.50. The molecule has 2 unspecified atom stereocenters. The first-order valence-electron chi connectivity index (χ1n) is 44.7. The highest BCUT2D eigenvalue weighted by Crippen LogP contribution is 2.68. The summed E-state index contributed by atoms with van der Waals surface area (Å²) in [6.07, 6.45) is 5.94. The molecule has 1 aliphatic carbocycles. The predicted octanol–water partition coefficient (Wildman–Crippen LogP) is 6.48. The number of rotatable bonds is 47. The van der Waals surface area contributed by atoms with E-state index in [1.54, 1.807) is 45.4 Å². The van der Waals surface area contributed by atoms with Crippen molar-refractivity contribution < 1.29 is 102 Å². The molecule has 4 amide bonds. The highest BCUT2D eigenvalue weighted by atomic mass is 33.1. The average Bonchev–Trinajstić information content (AvgIpc) is 1.48. The molecule has 0 radical (unpaired) electrons. The third kappa shape index (κ3) is 22.3. The van der Waals surface area contributed by atoms with Crippen LogP contribution in [0.4, 0.5) is 10.5 Å². The van der Waals surface area contributed by atoms with Crippen molar-refractivity contribution in [2.24, 2.45) is 29.1 Å². The fraction of sp³-hybridized carbons (Fsp3) is 0.591. The molecule has 3 aromatic heterocycles. The maximum Gasteiger partial charge on any atom is 0.407 e. The lowest BCUT2D eigenvalue weighted by atomic mass is 9.47. The monoisotopic (exact) mass is 1820 g/mol. The largest absolute Gasteiger partial charge is 0.496 e. The summed E-state index contributed by atoms with van der Waals surface area (Å²) in [7, 11) is 7.34. The van der Waals surface area contributed by atoms with Crippen molar-refractivity contribution >= 4 is 108 Å². The smallest absolute Gasteiger partial charge is 0.407 e. The van der Waals surface area contributed by atoms with Gasteiger partial charge < -0.3 is 90.1 Å². The van der Waals surface area contributed by atoms with E-state index >= 15 is 4.79 Å². The lowest BCUT2D eigenvalue weighted by Gasteiger charge is -2.63. The van der Waals surface area contributed by atoms with E-state index in [0.717, 1.165) is 86.5 Å². The van der Waals surface area contributed by atoms with Gasteiger partial charge in [-0.25, -0.2) is 19.7 Å². The van der Waals surface area contributed by atoms with Gasteiger partial charge in [0.15, 0.2) is 39.9 Å². The van der Waals surface area contributed by atoms with Gasteiger partial charge in [0.2, 0.25) is 17.7 Å². The van der Waals surface area contributed by atoms with Crippen LogP contribution in [0, 0.1) is 36.0 Å². The van der Waals surface area contributed by atoms with E-state index in [9.17, 15) is 73.5 Å². The van der Waals surface area contributed by atoms with Crippen LogP contribution in [0.25, 0.3) is 22.1 Å². The number of amides is 4. The van der Waals surface area contributed by atoms with Crippen molar-refractivity contribution in [3.05, 3.63) is 134 Å². The predicted molar refractivity (Wildman–Crippen MR) is 483 cm³/mol. The van der Waals surface area contributed by atoms with Crippen molar-refractivity contribution in [1.29, 1.82) is 0 Å². The summed E-state index contributed by atoms with van der Waals surface area (Å²) in [5, 5.41) is 70.7. The van der Waals surface area contributed by atoms with Gasteiger partial charge in [0.05, 0.1) is 101 Å². The zero-order valence-corrected chi connectivity index (χ0v) is 76.6. The number of alkyl carbamates (subject to hydrolysis) is 1. The number of ether oxygens (including phenoxy) is 6. The van der Waals surface area contributed by atoms with Gasteiger partial charge in [0.25, 0.3) is 5.56 Å². The Balaban J connectivity index is 0.623. The van der Waals surface area contributed by atoms with Crippen LogP contribution < -0.4 is 36.5 Å². The lowest BCUT2D eigenvalue weighted by Crippen LogP contribution is -2.81. The van der Waals surface area contributed by atoms with Gasteiger partial charge in [-0.05, 0) is 126 Å². The quantitative estimate of drug-likeness (QED) is 0.00842. The van der Waals surface area contributed by atoms with Gasteiger partial charge in [-0.1, -0.05) is 97.0 Å². The standard InChI is InChI=1S/C93H124N12O22S2/c1-10-90(120)48-59-25-29-89(6,79-65(26-32-104(52-59)54-90)64-15-12-13-16-68(64)102-79)67-46-66-70(47-74(67)123-9)103(7)86-92(66)30-33-105-31-14-28-91(11-2,85(92)105)87(118)93(86,121)75(109)51-96-88(119)127-41-42-128-129-53-62(84(116)117)45-71(106)56(4)97-81(112)55(3)43-73(108)69(50-94-76(110)27-34-124-37-38-126-40-39-125-36-35-122-8)101-77(111)24-22-61(83(114)115)44-72(107)60-20-17-58(18-21-60)19-23-63-49-95-80-78(100-63)82(113)99-57(5)98-80/h12-18,20-21,28,46-47,49,55-56,59,61-62,69,85-87,102,118,120-121H,10-11,19,22-27,29-45,48,50-54H2,1-9H3,(H,94,110)(H,96,119)(H,97,112)(H,101,111)(H,114,115)(H,116,117)(H,95,98,99,113)/t55-,56+,59+,61-,62?,69+,85+,86-,87-,89-,90+,91-,92-,93+/m1/s1. The van der Waals surface area contributed by atoms with E-state index in [2.05, 4.69) is 94.1 Å². The first-order chi connectivity index (χ1) is 61.7. The van der Waals surface area contributed by atoms with Crippen molar-refractivity contribution in [3.63, 3.8) is 0 Å². The van der Waals surface area contributed by atoms with E-state index in [1.165, 1.54) is 25.6 Å². The first kappa shape index (κ1) is 98.4. The topological polar surface area (TPSA) is 472 Å². The van der Waals surface area contributed by atoms with Crippen LogP contribution in [-0.4, -0.2) is 292 Å². The number of piperidine rings is 1. The molecule has 6 aliphatic rings. The molecule has 34 nitrogen and oxygen atoms in total. The molecule has 5 aliphatic heterocycles. The molecule has 129 heavy (non-hydrogen) atoms. The number of nitrogens with one attached hydrogen (secondary N) is 6. The molecule has 2 bridgehead atoms. The van der Waals surface area contributed by atoms with Crippen LogP contribution in [0.2, 0.25) is 0 Å². The number of methoxy groups -OCH3 is 2. The van der Waals surface area contributed by atoms with Crippen LogP contribution in [0.1, 0.15) is 161 Å². The molecule has 36 heteroatoms. The van der Waals surface area contributed by atoms with Crippen LogP contribution in [0.5, 0.6) is 5.75 Å². The number of H-pyrrole nitrogens is 2. The van der Waals surface area contributed by atoms with E-state index in [-0.39, 0.29) is 79.5 Å². The number of carbonyl (C=O) groups is 10. The number of carboxylic acid groups (broad SMARTS) is 2. The highest BCUT2D eigenvalue weighted by molar-refractivity contribution is 8.76. The van der Waals surface area contributed by atoms with Crippen LogP contribution >= 0.6 is 21.6 Å². The fourth-order valence-electron chi connectivity index (χ4n) is 20.2. The summed E-state index contributed by atoms with van der Waals surface area (Å²) in [4.78, 5) is 175. The number of carbonyl (C=O) groups excluding carboxylic acids is 8. The third-order valence-electron chi connectivity index (χ3n) is 27.1. The Kier molecular flexibility index (Phi) is 33.3. The van der Waals surface area contributed by atoms with Gasteiger partial charge >= 0.3 is 18.0 Å². The number of benzene rings is 3. The number of hydrogen-bond acceptors (Lipinski definition) is 28. The molecule has 11 N–H and O–H groups in total. The number of aromatic amines is 2. The van der Waals surface area contributed by atoms with Gasteiger partial charge in [0, 0.05) is 158 Å². The average molecular weight is 1830 g/mol. The molecule has 1 spiro atoms. The molecule has 8 heterocycles. The number of ketones is 4. The third-order valence-corrected chi connectivity index (χ3v) is 29.6. The van der Waals surface area contributed by atoms with Gasteiger partial charge in [-0.15, -0.1) is 0 Å². The van der Waals surface area contributed by atoms with Crippen molar-refractivity contribution in [2.75, 3.05) is 136 Å². The summed E-state index contributed by atoms with van der Waals surface area (Å²) in [5.74, 6) is -9.81. The van der Waals surface area contributed by atoms with E-state index in [1.807, 2.05) is 43.2 Å².